The first-order chi connectivity index (χ1) is 27.6. The Kier molecular flexibility index (Phi) is 9.74. The van der Waals surface area contributed by atoms with Crippen molar-refractivity contribution < 1.29 is 32.1 Å². The Hall–Kier alpha value is -6.89. The molecule has 8 rings (SSSR count). The molecule has 288 valence electrons. The van der Waals surface area contributed by atoms with Gasteiger partial charge in [-0.2, -0.15) is 4.39 Å². The zero-order chi connectivity index (χ0) is 39.7. The van der Waals surface area contributed by atoms with Crippen LogP contribution in [0.1, 0.15) is 33.4 Å². The van der Waals surface area contributed by atoms with E-state index in [0.29, 0.717) is 39.3 Å². The first-order valence-corrected chi connectivity index (χ1v) is 18.0. The number of halogens is 3. The van der Waals surface area contributed by atoms with Crippen LogP contribution in [0.25, 0.3) is 22.3 Å². The predicted octanol–water partition coefficient (Wildman–Crippen LogP) is 7.92. The highest BCUT2D eigenvalue weighted by molar-refractivity contribution is 5.83. The molecule has 0 amide bonds. The number of benzene rings is 4. The number of methoxy groups -OCH3 is 2. The SMILES string of the molecule is COc1ccc(C2(c3ccc(F)c(-c4cccnc4)c3)COC(NNC3=NC(c4ccc(OC)c(C)c4)(c4ccc(F)c(-c5ccc(F)nc5)c4)CO3)=N2)cc1C. The number of aromatic nitrogens is 2. The van der Waals surface area contributed by atoms with E-state index >= 15 is 8.78 Å². The van der Waals surface area contributed by atoms with Crippen molar-refractivity contribution in [2.24, 2.45) is 9.98 Å². The van der Waals surface area contributed by atoms with E-state index in [4.69, 9.17) is 28.9 Å². The topological polar surface area (TPSA) is 111 Å². The van der Waals surface area contributed by atoms with Crippen LogP contribution in [0.15, 0.2) is 126 Å². The van der Waals surface area contributed by atoms with E-state index < -0.39 is 28.7 Å². The highest BCUT2D eigenvalue weighted by Gasteiger charge is 2.44. The molecule has 2 unspecified atom stereocenters. The molecule has 2 N–H and O–H groups in total. The fourth-order valence-electron chi connectivity index (χ4n) is 7.32. The van der Waals surface area contributed by atoms with Gasteiger partial charge in [0.1, 0.15) is 36.3 Å². The Morgan fingerprint density at radius 1 is 0.596 bits per heavy atom. The molecule has 13 heteroatoms. The maximum absolute atomic E-state index is 15.3. The molecule has 0 aliphatic carbocycles. The van der Waals surface area contributed by atoms with Crippen LogP contribution >= 0.6 is 0 Å². The minimum atomic E-state index is -1.14. The van der Waals surface area contributed by atoms with Crippen LogP contribution in [0.5, 0.6) is 11.5 Å². The lowest BCUT2D eigenvalue weighted by molar-refractivity contribution is 0.260. The average molecular weight is 771 g/mol. The molecule has 4 heterocycles. The second-order valence-corrected chi connectivity index (χ2v) is 13.8. The van der Waals surface area contributed by atoms with Crippen LogP contribution < -0.4 is 20.3 Å². The largest absolute Gasteiger partial charge is 0.496 e. The molecule has 4 aromatic carbocycles. The molecule has 2 aliphatic rings. The van der Waals surface area contributed by atoms with Crippen LogP contribution in [0.4, 0.5) is 13.2 Å². The summed E-state index contributed by atoms with van der Waals surface area (Å²) in [4.78, 5) is 18.0. The summed E-state index contributed by atoms with van der Waals surface area (Å²) in [6.45, 7) is 3.99. The van der Waals surface area contributed by atoms with Gasteiger partial charge in [-0.1, -0.05) is 30.3 Å². The number of amidine groups is 2. The van der Waals surface area contributed by atoms with Crippen molar-refractivity contribution in [2.75, 3.05) is 27.4 Å². The number of nitrogens with zero attached hydrogens (tertiary/aromatic N) is 4. The standard InChI is InChI=1S/C44H37F3N6O4/c1-26-18-30(10-14-38(26)54-3)43(32-8-12-36(45)34(20-32)28-6-5-17-48-22-28)24-56-41(50-43)52-53-42-51-44(25-57-42,31-11-15-39(55-4)27(2)19-31)33-9-13-37(46)35(21-33)29-7-16-40(47)49-23-29/h5-23H,24-25H2,1-4H3,(H,50,52)(H,51,53). The number of aliphatic imine (C=N–C) groups is 2. The summed E-state index contributed by atoms with van der Waals surface area (Å²) in [5.41, 5.74) is 10.1. The second-order valence-electron chi connectivity index (χ2n) is 13.8. The molecule has 0 saturated heterocycles. The van der Waals surface area contributed by atoms with Crippen LogP contribution in [0, 0.1) is 31.4 Å². The Bertz CT molecular complexity index is 2540. The van der Waals surface area contributed by atoms with Gasteiger partial charge in [0.2, 0.25) is 5.95 Å². The number of hydrogen-bond donors (Lipinski definition) is 2. The Labute approximate surface area is 327 Å². The van der Waals surface area contributed by atoms with Gasteiger partial charge in [-0.15, -0.1) is 0 Å². The van der Waals surface area contributed by atoms with E-state index in [2.05, 4.69) is 20.8 Å². The number of ether oxygens (including phenoxy) is 4. The van der Waals surface area contributed by atoms with E-state index in [1.54, 1.807) is 63.0 Å². The third-order valence-corrected chi connectivity index (χ3v) is 10.3. The molecule has 57 heavy (non-hydrogen) atoms. The first-order valence-electron chi connectivity index (χ1n) is 18.0. The van der Waals surface area contributed by atoms with Gasteiger partial charge < -0.3 is 18.9 Å². The molecular weight excluding hydrogens is 734 g/mol. The summed E-state index contributed by atoms with van der Waals surface area (Å²) in [7, 11) is 3.21. The molecule has 0 radical (unpaired) electrons. The van der Waals surface area contributed by atoms with Crippen molar-refractivity contribution >= 4 is 12.0 Å². The molecule has 10 nitrogen and oxygen atoms in total. The minimum Gasteiger partial charge on any atom is -0.496 e. The fourth-order valence-corrected chi connectivity index (χ4v) is 7.32. The van der Waals surface area contributed by atoms with Gasteiger partial charge in [0.15, 0.2) is 11.1 Å². The molecule has 0 bridgehead atoms. The van der Waals surface area contributed by atoms with Crippen molar-refractivity contribution in [2.45, 2.75) is 24.9 Å². The van der Waals surface area contributed by atoms with Gasteiger partial charge in [0.25, 0.3) is 0 Å². The normalized spacial score (nSPS) is 18.6. The minimum absolute atomic E-state index is 0.0462. The lowest BCUT2D eigenvalue weighted by atomic mass is 9.82. The summed E-state index contributed by atoms with van der Waals surface area (Å²) >= 11 is 0. The number of nitrogens with one attached hydrogen (secondary N) is 2. The number of hydrazine groups is 1. The van der Waals surface area contributed by atoms with E-state index in [1.165, 1.54) is 30.5 Å². The second kappa shape index (κ2) is 15.0. The average Bonchev–Trinajstić information content (AvgIpc) is 3.88. The van der Waals surface area contributed by atoms with E-state index in [9.17, 15) is 4.39 Å². The highest BCUT2D eigenvalue weighted by atomic mass is 19.1. The summed E-state index contributed by atoms with van der Waals surface area (Å²) in [6.07, 6.45) is 4.53. The quantitative estimate of drug-likeness (QED) is 0.119. The van der Waals surface area contributed by atoms with Crippen LogP contribution in [0.3, 0.4) is 0 Å². The Morgan fingerprint density at radius 2 is 1.09 bits per heavy atom. The lowest BCUT2D eigenvalue weighted by Crippen LogP contribution is -2.42. The summed E-state index contributed by atoms with van der Waals surface area (Å²) in [6, 6.07) is 27.4. The van der Waals surface area contributed by atoms with Gasteiger partial charge in [0.05, 0.1) is 14.2 Å². The lowest BCUT2D eigenvalue weighted by Gasteiger charge is -2.26. The van der Waals surface area contributed by atoms with Crippen LogP contribution in [0.2, 0.25) is 0 Å². The summed E-state index contributed by atoms with van der Waals surface area (Å²) < 4.78 is 67.8. The molecule has 2 aromatic heterocycles. The summed E-state index contributed by atoms with van der Waals surface area (Å²) in [5, 5.41) is 0. The molecule has 2 aliphatic heterocycles. The van der Waals surface area contributed by atoms with E-state index in [0.717, 1.165) is 22.3 Å². The Balaban J connectivity index is 1.16. The molecular formula is C44H37F3N6O4. The number of aryl methyl sites for hydroxylation is 2. The van der Waals surface area contributed by atoms with E-state index in [-0.39, 0.29) is 30.8 Å². The molecule has 6 aromatic rings. The fraction of sp³-hybridized carbons (Fsp3) is 0.182. The molecule has 0 saturated carbocycles. The maximum Gasteiger partial charge on any atom is 0.305 e. The van der Waals surface area contributed by atoms with Gasteiger partial charge in [-0.25, -0.2) is 34.6 Å². The van der Waals surface area contributed by atoms with E-state index in [1.807, 2.05) is 50.2 Å². The smallest absolute Gasteiger partial charge is 0.305 e. The van der Waals surface area contributed by atoms with Crippen molar-refractivity contribution in [3.63, 3.8) is 0 Å². The van der Waals surface area contributed by atoms with Crippen molar-refractivity contribution in [3.05, 3.63) is 167 Å². The monoisotopic (exact) mass is 770 g/mol. The van der Waals surface area contributed by atoms with Gasteiger partial charge in [0, 0.05) is 40.8 Å². The number of hydrogen-bond acceptors (Lipinski definition) is 10. The van der Waals surface area contributed by atoms with Gasteiger partial charge in [-0.05, 0) is 114 Å². The first kappa shape index (κ1) is 37.1. The van der Waals surface area contributed by atoms with Crippen molar-refractivity contribution in [3.8, 4) is 33.8 Å². The zero-order valence-electron chi connectivity index (χ0n) is 31.4. The number of rotatable bonds is 8. The molecule has 0 spiro atoms. The van der Waals surface area contributed by atoms with Crippen molar-refractivity contribution in [1.82, 2.24) is 20.8 Å². The zero-order valence-corrected chi connectivity index (χ0v) is 31.4. The third-order valence-electron chi connectivity index (χ3n) is 10.3. The molecule has 2 atom stereocenters. The Morgan fingerprint density at radius 3 is 1.53 bits per heavy atom. The van der Waals surface area contributed by atoms with Crippen LogP contribution in [-0.4, -0.2) is 49.4 Å². The maximum atomic E-state index is 15.3. The van der Waals surface area contributed by atoms with Crippen LogP contribution in [-0.2, 0) is 20.6 Å². The predicted molar refractivity (Wildman–Crippen MR) is 209 cm³/mol. The van der Waals surface area contributed by atoms with Crippen molar-refractivity contribution in [1.29, 1.82) is 0 Å². The summed E-state index contributed by atoms with van der Waals surface area (Å²) in [5.74, 6) is -0.171. The van der Waals surface area contributed by atoms with Gasteiger partial charge in [-0.3, -0.25) is 4.98 Å². The molecule has 0 fully saturated rings. The number of pyridine rings is 2. The highest BCUT2D eigenvalue weighted by Crippen LogP contribution is 2.43. The van der Waals surface area contributed by atoms with Gasteiger partial charge >= 0.3 is 12.0 Å². The third kappa shape index (κ3) is 6.85.